The summed E-state index contributed by atoms with van der Waals surface area (Å²) in [6.07, 6.45) is 6.82. The number of hydrogen-bond donors (Lipinski definition) is 0. The first-order valence-electron chi connectivity index (χ1n) is 8.12. The highest BCUT2D eigenvalue weighted by molar-refractivity contribution is 4.88. The Morgan fingerprint density at radius 2 is 1.53 bits per heavy atom. The van der Waals surface area contributed by atoms with E-state index in [4.69, 9.17) is 0 Å². The molecule has 2 aliphatic rings. The molecule has 2 fully saturated rings. The predicted molar refractivity (Wildman–Crippen MR) is 82.6 cm³/mol. The summed E-state index contributed by atoms with van der Waals surface area (Å²) in [5.74, 6) is 0. The van der Waals surface area contributed by atoms with Gasteiger partial charge in [0.1, 0.15) is 0 Å². The van der Waals surface area contributed by atoms with Gasteiger partial charge in [0.15, 0.2) is 0 Å². The lowest BCUT2D eigenvalue weighted by atomic mass is 9.75. The molecule has 0 aromatic rings. The number of likely N-dealkylation sites (tertiary alicyclic amines) is 2. The van der Waals surface area contributed by atoms with Crippen LogP contribution in [0.2, 0.25) is 0 Å². The van der Waals surface area contributed by atoms with Gasteiger partial charge >= 0.3 is 0 Å². The second kappa shape index (κ2) is 6.55. The molecule has 0 saturated carbocycles. The normalized spacial score (nSPS) is 27.0. The van der Waals surface area contributed by atoms with E-state index in [1.165, 1.54) is 64.8 Å². The van der Waals surface area contributed by atoms with Crippen LogP contribution in [-0.4, -0.2) is 74.6 Å². The van der Waals surface area contributed by atoms with Gasteiger partial charge in [0, 0.05) is 12.6 Å². The zero-order valence-corrected chi connectivity index (χ0v) is 13.5. The molecular formula is C16H33N3. The number of piperidine rings is 2. The summed E-state index contributed by atoms with van der Waals surface area (Å²) < 4.78 is 0. The molecule has 2 rings (SSSR count). The van der Waals surface area contributed by atoms with Crippen LogP contribution in [0.1, 0.15) is 39.0 Å². The molecule has 0 aliphatic carbocycles. The van der Waals surface area contributed by atoms with Crippen molar-refractivity contribution in [1.29, 1.82) is 0 Å². The minimum atomic E-state index is 0.588. The molecule has 0 aromatic carbocycles. The van der Waals surface area contributed by atoms with Gasteiger partial charge in [-0.2, -0.15) is 0 Å². The molecule has 0 bridgehead atoms. The van der Waals surface area contributed by atoms with E-state index in [0.717, 1.165) is 6.04 Å². The average Bonchev–Trinajstić information content (AvgIpc) is 2.42. The van der Waals surface area contributed by atoms with E-state index in [1.54, 1.807) is 0 Å². The summed E-state index contributed by atoms with van der Waals surface area (Å²) in [5, 5.41) is 0. The van der Waals surface area contributed by atoms with E-state index in [2.05, 4.69) is 42.8 Å². The van der Waals surface area contributed by atoms with Crippen LogP contribution in [0.4, 0.5) is 0 Å². The SMILES string of the molecule is CCC1(CN(C)C2CCN(C)CC2)CCN(C)CC1. The molecule has 2 heterocycles. The van der Waals surface area contributed by atoms with Gasteiger partial charge < -0.3 is 14.7 Å². The van der Waals surface area contributed by atoms with Crippen LogP contribution < -0.4 is 0 Å². The third kappa shape index (κ3) is 3.93. The lowest BCUT2D eigenvalue weighted by molar-refractivity contribution is 0.0462. The first kappa shape index (κ1) is 15.3. The number of rotatable bonds is 4. The highest BCUT2D eigenvalue weighted by Crippen LogP contribution is 2.36. The fourth-order valence-corrected chi connectivity index (χ4v) is 3.81. The Morgan fingerprint density at radius 3 is 2.05 bits per heavy atom. The Hall–Kier alpha value is -0.120. The summed E-state index contributed by atoms with van der Waals surface area (Å²) in [6.45, 7) is 8.83. The maximum atomic E-state index is 2.68. The van der Waals surface area contributed by atoms with Crippen molar-refractivity contribution >= 4 is 0 Å². The standard InChI is InChI=1S/C16H33N3/c1-5-16(8-12-18(3)13-9-16)14-19(4)15-6-10-17(2)11-7-15/h15H,5-14H2,1-4H3. The fourth-order valence-electron chi connectivity index (χ4n) is 3.81. The molecule has 0 spiro atoms. The monoisotopic (exact) mass is 267 g/mol. The second-order valence-electron chi connectivity index (χ2n) is 7.11. The first-order valence-corrected chi connectivity index (χ1v) is 8.12. The van der Waals surface area contributed by atoms with Crippen LogP contribution in [0.15, 0.2) is 0 Å². The quantitative estimate of drug-likeness (QED) is 0.773. The number of nitrogens with zero attached hydrogens (tertiary/aromatic N) is 3. The molecule has 0 unspecified atom stereocenters. The Bertz CT molecular complexity index is 263. The van der Waals surface area contributed by atoms with Crippen molar-refractivity contribution in [3.63, 3.8) is 0 Å². The van der Waals surface area contributed by atoms with E-state index in [0.29, 0.717) is 5.41 Å². The Kier molecular flexibility index (Phi) is 5.27. The predicted octanol–water partition coefficient (Wildman–Crippen LogP) is 2.13. The third-order valence-corrected chi connectivity index (χ3v) is 5.69. The molecule has 0 radical (unpaired) electrons. The van der Waals surface area contributed by atoms with E-state index in [1.807, 2.05) is 0 Å². The van der Waals surface area contributed by atoms with Gasteiger partial charge in [-0.05, 0) is 84.8 Å². The van der Waals surface area contributed by atoms with Crippen LogP contribution in [0.5, 0.6) is 0 Å². The Labute approximate surface area is 119 Å². The minimum Gasteiger partial charge on any atom is -0.306 e. The molecule has 3 heteroatoms. The van der Waals surface area contributed by atoms with Gasteiger partial charge in [0.25, 0.3) is 0 Å². The molecule has 19 heavy (non-hydrogen) atoms. The molecule has 0 N–H and O–H groups in total. The van der Waals surface area contributed by atoms with Crippen molar-refractivity contribution in [1.82, 2.24) is 14.7 Å². The smallest absolute Gasteiger partial charge is 0.0117 e. The zero-order valence-electron chi connectivity index (χ0n) is 13.5. The van der Waals surface area contributed by atoms with Crippen LogP contribution >= 0.6 is 0 Å². The highest BCUT2D eigenvalue weighted by atomic mass is 15.2. The molecule has 0 aromatic heterocycles. The van der Waals surface area contributed by atoms with Gasteiger partial charge in [0.2, 0.25) is 0 Å². The lowest BCUT2D eigenvalue weighted by Crippen LogP contribution is -2.49. The van der Waals surface area contributed by atoms with Crippen LogP contribution in [0.3, 0.4) is 0 Å². The van der Waals surface area contributed by atoms with Gasteiger partial charge in [-0.15, -0.1) is 0 Å². The largest absolute Gasteiger partial charge is 0.306 e. The fraction of sp³-hybridized carbons (Fsp3) is 1.00. The van der Waals surface area contributed by atoms with E-state index in [-0.39, 0.29) is 0 Å². The minimum absolute atomic E-state index is 0.588. The van der Waals surface area contributed by atoms with Crippen molar-refractivity contribution in [2.75, 3.05) is 53.9 Å². The summed E-state index contributed by atoms with van der Waals surface area (Å²) in [6, 6.07) is 0.819. The Balaban J connectivity index is 1.87. The summed E-state index contributed by atoms with van der Waals surface area (Å²) in [7, 11) is 6.88. The maximum Gasteiger partial charge on any atom is 0.0117 e. The van der Waals surface area contributed by atoms with Crippen LogP contribution in [0.25, 0.3) is 0 Å². The van der Waals surface area contributed by atoms with Gasteiger partial charge in [-0.3, -0.25) is 0 Å². The van der Waals surface area contributed by atoms with Crippen LogP contribution in [-0.2, 0) is 0 Å². The van der Waals surface area contributed by atoms with Gasteiger partial charge in [-0.25, -0.2) is 0 Å². The number of hydrogen-bond acceptors (Lipinski definition) is 3. The molecule has 112 valence electrons. The third-order valence-electron chi connectivity index (χ3n) is 5.69. The van der Waals surface area contributed by atoms with Crippen LogP contribution in [0, 0.1) is 5.41 Å². The molecule has 2 aliphatic heterocycles. The van der Waals surface area contributed by atoms with E-state index >= 15 is 0 Å². The maximum absolute atomic E-state index is 2.68. The van der Waals surface area contributed by atoms with Crippen molar-refractivity contribution in [2.45, 2.75) is 45.1 Å². The average molecular weight is 267 g/mol. The molecule has 0 atom stereocenters. The van der Waals surface area contributed by atoms with Crippen molar-refractivity contribution < 1.29 is 0 Å². The second-order valence-corrected chi connectivity index (χ2v) is 7.11. The Morgan fingerprint density at radius 1 is 1.00 bits per heavy atom. The van der Waals surface area contributed by atoms with Crippen molar-refractivity contribution in [3.8, 4) is 0 Å². The first-order chi connectivity index (χ1) is 9.04. The van der Waals surface area contributed by atoms with Gasteiger partial charge in [0.05, 0.1) is 0 Å². The zero-order chi connectivity index (χ0) is 13.9. The topological polar surface area (TPSA) is 9.72 Å². The van der Waals surface area contributed by atoms with Crippen molar-refractivity contribution in [3.05, 3.63) is 0 Å². The van der Waals surface area contributed by atoms with E-state index < -0.39 is 0 Å². The van der Waals surface area contributed by atoms with Gasteiger partial charge in [-0.1, -0.05) is 6.92 Å². The molecule has 3 nitrogen and oxygen atoms in total. The molecule has 2 saturated heterocycles. The molecular weight excluding hydrogens is 234 g/mol. The highest BCUT2D eigenvalue weighted by Gasteiger charge is 2.34. The van der Waals surface area contributed by atoms with Crippen molar-refractivity contribution in [2.24, 2.45) is 5.41 Å². The summed E-state index contributed by atoms with van der Waals surface area (Å²) in [5.41, 5.74) is 0.588. The van der Waals surface area contributed by atoms with E-state index in [9.17, 15) is 0 Å². The molecule has 0 amide bonds. The lowest BCUT2D eigenvalue weighted by Gasteiger charge is -2.45. The summed E-state index contributed by atoms with van der Waals surface area (Å²) in [4.78, 5) is 7.64. The summed E-state index contributed by atoms with van der Waals surface area (Å²) >= 11 is 0.